The third-order valence-electron chi connectivity index (χ3n) is 4.51. The van der Waals surface area contributed by atoms with Crippen LogP contribution in [0.4, 0.5) is 0 Å². The lowest BCUT2D eigenvalue weighted by Gasteiger charge is -2.47. The Kier molecular flexibility index (Phi) is 7.45. The molecule has 0 aliphatic carbocycles. The SMILES string of the molecule is CCC1(C)CN(CCOCCN(C)C)C(C(C)C)CN1. The topological polar surface area (TPSA) is 27.7 Å². The third-order valence-corrected chi connectivity index (χ3v) is 4.51. The number of nitrogens with zero attached hydrogens (tertiary/aromatic N) is 2. The first-order valence-corrected chi connectivity index (χ1v) is 8.09. The molecule has 20 heavy (non-hydrogen) atoms. The molecular weight excluding hydrogens is 250 g/mol. The van der Waals surface area contributed by atoms with E-state index < -0.39 is 0 Å². The molecule has 0 amide bonds. The first kappa shape index (κ1) is 17.9. The number of hydrogen-bond donors (Lipinski definition) is 1. The van der Waals surface area contributed by atoms with Gasteiger partial charge in [-0.25, -0.2) is 0 Å². The van der Waals surface area contributed by atoms with E-state index >= 15 is 0 Å². The Morgan fingerprint density at radius 1 is 1.35 bits per heavy atom. The third kappa shape index (κ3) is 5.68. The number of likely N-dealkylation sites (N-methyl/N-ethyl adjacent to an activating group) is 1. The molecule has 1 N–H and O–H groups in total. The average molecular weight is 285 g/mol. The van der Waals surface area contributed by atoms with Gasteiger partial charge in [0, 0.05) is 37.8 Å². The lowest BCUT2D eigenvalue weighted by Crippen LogP contribution is -2.64. The highest BCUT2D eigenvalue weighted by molar-refractivity contribution is 4.95. The number of piperazine rings is 1. The molecule has 4 nitrogen and oxygen atoms in total. The van der Waals surface area contributed by atoms with Crippen molar-refractivity contribution in [1.82, 2.24) is 15.1 Å². The van der Waals surface area contributed by atoms with Crippen molar-refractivity contribution in [2.45, 2.75) is 45.7 Å². The molecule has 120 valence electrons. The van der Waals surface area contributed by atoms with Gasteiger partial charge in [0.15, 0.2) is 0 Å². The van der Waals surface area contributed by atoms with Crippen molar-refractivity contribution in [3.8, 4) is 0 Å². The molecule has 0 aromatic rings. The maximum absolute atomic E-state index is 5.77. The molecule has 0 spiro atoms. The van der Waals surface area contributed by atoms with Crippen LogP contribution in [0.2, 0.25) is 0 Å². The van der Waals surface area contributed by atoms with Gasteiger partial charge >= 0.3 is 0 Å². The summed E-state index contributed by atoms with van der Waals surface area (Å²) in [5.41, 5.74) is 0.259. The number of ether oxygens (including phenoxy) is 1. The van der Waals surface area contributed by atoms with Crippen LogP contribution in [0.5, 0.6) is 0 Å². The van der Waals surface area contributed by atoms with Crippen molar-refractivity contribution >= 4 is 0 Å². The standard InChI is InChI=1S/C16H35N3O/c1-7-16(4)13-19(15(12-17-16)14(2)3)9-11-20-10-8-18(5)6/h14-15,17H,7-13H2,1-6H3. The molecule has 1 saturated heterocycles. The van der Waals surface area contributed by atoms with Gasteiger partial charge in [0.1, 0.15) is 0 Å². The molecule has 0 aromatic carbocycles. The fourth-order valence-electron chi connectivity index (χ4n) is 2.77. The summed E-state index contributed by atoms with van der Waals surface area (Å²) in [5.74, 6) is 0.686. The van der Waals surface area contributed by atoms with Crippen LogP contribution in [0, 0.1) is 5.92 Å². The fraction of sp³-hybridized carbons (Fsp3) is 1.00. The van der Waals surface area contributed by atoms with E-state index in [9.17, 15) is 0 Å². The van der Waals surface area contributed by atoms with Gasteiger partial charge in [0.2, 0.25) is 0 Å². The minimum Gasteiger partial charge on any atom is -0.379 e. The van der Waals surface area contributed by atoms with Crippen molar-refractivity contribution in [3.63, 3.8) is 0 Å². The minimum absolute atomic E-state index is 0.259. The zero-order valence-corrected chi connectivity index (χ0v) is 14.4. The van der Waals surface area contributed by atoms with E-state index in [-0.39, 0.29) is 5.54 Å². The monoisotopic (exact) mass is 285 g/mol. The normalized spacial score (nSPS) is 28.5. The van der Waals surface area contributed by atoms with E-state index in [1.54, 1.807) is 0 Å². The highest BCUT2D eigenvalue weighted by Crippen LogP contribution is 2.22. The largest absolute Gasteiger partial charge is 0.379 e. The van der Waals surface area contributed by atoms with E-state index in [0.29, 0.717) is 12.0 Å². The molecule has 1 heterocycles. The first-order chi connectivity index (χ1) is 9.38. The molecule has 0 aromatic heterocycles. The second kappa shape index (κ2) is 8.32. The van der Waals surface area contributed by atoms with Gasteiger partial charge in [-0.3, -0.25) is 4.90 Å². The molecule has 1 aliphatic heterocycles. The lowest BCUT2D eigenvalue weighted by molar-refractivity contribution is 0.0258. The molecule has 4 heteroatoms. The van der Waals surface area contributed by atoms with Crippen molar-refractivity contribution in [1.29, 1.82) is 0 Å². The quantitative estimate of drug-likeness (QED) is 0.687. The Hall–Kier alpha value is -0.160. The summed E-state index contributed by atoms with van der Waals surface area (Å²) in [6.45, 7) is 15.2. The first-order valence-electron chi connectivity index (χ1n) is 8.09. The van der Waals surface area contributed by atoms with Crippen molar-refractivity contribution in [2.75, 3.05) is 53.5 Å². The van der Waals surface area contributed by atoms with Gasteiger partial charge in [0.25, 0.3) is 0 Å². The Bertz CT molecular complexity index is 270. The smallest absolute Gasteiger partial charge is 0.0594 e. The molecule has 2 atom stereocenters. The Balaban J connectivity index is 2.40. The van der Waals surface area contributed by atoms with E-state index in [1.807, 2.05) is 0 Å². The Morgan fingerprint density at radius 3 is 2.60 bits per heavy atom. The van der Waals surface area contributed by atoms with Gasteiger partial charge in [-0.1, -0.05) is 20.8 Å². The summed E-state index contributed by atoms with van der Waals surface area (Å²) in [7, 11) is 4.17. The molecule has 2 unspecified atom stereocenters. The molecular formula is C16H35N3O. The summed E-state index contributed by atoms with van der Waals surface area (Å²) in [4.78, 5) is 4.79. The summed E-state index contributed by atoms with van der Waals surface area (Å²) in [5, 5.41) is 3.73. The van der Waals surface area contributed by atoms with Crippen LogP contribution in [0.1, 0.15) is 34.1 Å². The molecule has 0 saturated carbocycles. The summed E-state index contributed by atoms with van der Waals surface area (Å²) >= 11 is 0. The van der Waals surface area contributed by atoms with Crippen molar-refractivity contribution in [2.24, 2.45) is 5.92 Å². The second-order valence-corrected chi connectivity index (χ2v) is 6.99. The van der Waals surface area contributed by atoms with Crippen molar-refractivity contribution in [3.05, 3.63) is 0 Å². The lowest BCUT2D eigenvalue weighted by atomic mass is 9.90. The van der Waals surface area contributed by atoms with Crippen LogP contribution in [0.15, 0.2) is 0 Å². The molecule has 1 rings (SSSR count). The van der Waals surface area contributed by atoms with Crippen LogP contribution >= 0.6 is 0 Å². The predicted octanol–water partition coefficient (Wildman–Crippen LogP) is 1.66. The van der Waals surface area contributed by atoms with Crippen LogP contribution in [-0.2, 0) is 4.74 Å². The highest BCUT2D eigenvalue weighted by atomic mass is 16.5. The average Bonchev–Trinajstić information content (AvgIpc) is 2.37. The van der Waals surface area contributed by atoms with Crippen LogP contribution in [0.3, 0.4) is 0 Å². The fourth-order valence-corrected chi connectivity index (χ4v) is 2.77. The predicted molar refractivity (Wildman–Crippen MR) is 86.3 cm³/mol. The second-order valence-electron chi connectivity index (χ2n) is 6.99. The van der Waals surface area contributed by atoms with E-state index in [1.165, 1.54) is 6.42 Å². The van der Waals surface area contributed by atoms with Crippen molar-refractivity contribution < 1.29 is 4.74 Å². The van der Waals surface area contributed by atoms with Gasteiger partial charge in [-0.15, -0.1) is 0 Å². The van der Waals surface area contributed by atoms with Gasteiger partial charge < -0.3 is 15.0 Å². The Labute approximate surface area is 125 Å². The van der Waals surface area contributed by atoms with E-state index in [4.69, 9.17) is 4.74 Å². The zero-order chi connectivity index (χ0) is 15.2. The van der Waals surface area contributed by atoms with Crippen LogP contribution in [-0.4, -0.2) is 74.9 Å². The van der Waals surface area contributed by atoms with Crippen LogP contribution in [0.25, 0.3) is 0 Å². The molecule has 0 bridgehead atoms. The maximum atomic E-state index is 5.77. The van der Waals surface area contributed by atoms with E-state index in [0.717, 1.165) is 39.4 Å². The summed E-state index contributed by atoms with van der Waals surface area (Å²) < 4.78 is 5.77. The van der Waals surface area contributed by atoms with Gasteiger partial charge in [0.05, 0.1) is 13.2 Å². The molecule has 1 fully saturated rings. The zero-order valence-electron chi connectivity index (χ0n) is 14.4. The Morgan fingerprint density at radius 2 is 2.05 bits per heavy atom. The van der Waals surface area contributed by atoms with E-state index in [2.05, 4.69) is 56.9 Å². The number of hydrogen-bond acceptors (Lipinski definition) is 4. The minimum atomic E-state index is 0.259. The molecule has 0 radical (unpaired) electrons. The highest BCUT2D eigenvalue weighted by Gasteiger charge is 2.35. The number of nitrogens with one attached hydrogen (secondary N) is 1. The molecule has 1 aliphatic rings. The van der Waals surface area contributed by atoms with Gasteiger partial charge in [-0.05, 0) is 33.4 Å². The van der Waals surface area contributed by atoms with Crippen LogP contribution < -0.4 is 5.32 Å². The summed E-state index contributed by atoms with van der Waals surface area (Å²) in [6.07, 6.45) is 1.18. The number of rotatable bonds is 8. The van der Waals surface area contributed by atoms with Gasteiger partial charge in [-0.2, -0.15) is 0 Å². The summed E-state index contributed by atoms with van der Waals surface area (Å²) in [6, 6.07) is 0.632. The maximum Gasteiger partial charge on any atom is 0.0594 e.